The molecule has 6 aromatic rings. The first-order chi connectivity index (χ1) is 20.9. The molecule has 43 heavy (non-hydrogen) atoms. The van der Waals surface area contributed by atoms with E-state index in [1.807, 2.05) is 97.1 Å². The number of hydrogen-bond acceptors (Lipinski definition) is 2. The van der Waals surface area contributed by atoms with Crippen LogP contribution in [0.2, 0.25) is 20.1 Å². The third kappa shape index (κ3) is 6.54. The average Bonchev–Trinajstić information content (AvgIpc) is 2.99. The minimum atomic E-state index is 0.668. The van der Waals surface area contributed by atoms with Gasteiger partial charge in [-0.3, -0.25) is 0 Å². The number of halogens is 4. The number of hydrogen-bond donors (Lipinski definition) is 0. The van der Waals surface area contributed by atoms with Crippen molar-refractivity contribution in [3.8, 4) is 11.1 Å². The summed E-state index contributed by atoms with van der Waals surface area (Å²) in [6.45, 7) is 2.12. The Morgan fingerprint density at radius 3 is 1.16 bits per heavy atom. The van der Waals surface area contributed by atoms with E-state index in [0.717, 1.165) is 50.8 Å². The van der Waals surface area contributed by atoms with Crippen LogP contribution in [0.25, 0.3) is 11.1 Å². The molecule has 0 heterocycles. The Morgan fingerprint density at radius 2 is 0.767 bits per heavy atom. The van der Waals surface area contributed by atoms with Gasteiger partial charge in [0.1, 0.15) is 0 Å². The minimum Gasteiger partial charge on any atom is -0.310 e. The topological polar surface area (TPSA) is 6.48 Å². The number of nitrogens with zero attached hydrogens (tertiary/aromatic N) is 2. The zero-order chi connectivity index (χ0) is 29.9. The van der Waals surface area contributed by atoms with Crippen LogP contribution < -0.4 is 9.80 Å². The van der Waals surface area contributed by atoms with Crippen molar-refractivity contribution in [2.45, 2.75) is 6.92 Å². The molecule has 0 amide bonds. The Kier molecular flexibility index (Phi) is 8.65. The molecule has 0 unspecified atom stereocenters. The van der Waals surface area contributed by atoms with Crippen LogP contribution in [0.1, 0.15) is 5.56 Å². The van der Waals surface area contributed by atoms with Gasteiger partial charge in [0, 0.05) is 54.2 Å². The molecule has 0 aliphatic carbocycles. The summed E-state index contributed by atoms with van der Waals surface area (Å²) in [6.07, 6.45) is 0. The van der Waals surface area contributed by atoms with E-state index >= 15 is 0 Å². The first-order valence-electron chi connectivity index (χ1n) is 13.7. The predicted molar refractivity (Wildman–Crippen MR) is 186 cm³/mol. The SMILES string of the molecule is Cc1cc(-c2ccc(N(c3cccc(Cl)c3)c3cccc(Cl)c3)cc2)ccc1N(c1cccc(Cl)c1)c1cccc(Cl)c1. The summed E-state index contributed by atoms with van der Waals surface area (Å²) >= 11 is 25.5. The first kappa shape index (κ1) is 29.2. The van der Waals surface area contributed by atoms with Crippen LogP contribution >= 0.6 is 46.4 Å². The van der Waals surface area contributed by atoms with Gasteiger partial charge in [-0.05, 0) is 121 Å². The van der Waals surface area contributed by atoms with E-state index in [9.17, 15) is 0 Å². The standard InChI is InChI=1S/C37H26Cl4N2/c1-25-20-27(16-19-37(25)43(35-12-4-8-30(40)23-35)36-13-5-9-31(41)24-36)26-14-17-32(18-15-26)42(33-10-2-6-28(38)21-33)34-11-3-7-29(39)22-34/h2-24H,1H3. The highest BCUT2D eigenvalue weighted by Gasteiger charge is 2.17. The van der Waals surface area contributed by atoms with Crippen molar-refractivity contribution in [2.75, 3.05) is 9.80 Å². The van der Waals surface area contributed by atoms with E-state index in [2.05, 4.69) is 59.2 Å². The molecule has 6 rings (SSSR count). The van der Waals surface area contributed by atoms with E-state index < -0.39 is 0 Å². The van der Waals surface area contributed by atoms with Gasteiger partial charge in [0.15, 0.2) is 0 Å². The number of anilines is 6. The Balaban J connectivity index is 1.37. The fourth-order valence-corrected chi connectivity index (χ4v) is 5.96. The first-order valence-corrected chi connectivity index (χ1v) is 15.2. The summed E-state index contributed by atoms with van der Waals surface area (Å²) in [6, 6.07) is 46.3. The highest BCUT2D eigenvalue weighted by Crippen LogP contribution is 2.41. The normalized spacial score (nSPS) is 10.9. The highest BCUT2D eigenvalue weighted by molar-refractivity contribution is 6.32. The third-order valence-electron chi connectivity index (χ3n) is 7.16. The number of rotatable bonds is 7. The van der Waals surface area contributed by atoms with E-state index in [1.54, 1.807) is 0 Å². The van der Waals surface area contributed by atoms with Crippen LogP contribution in [0.5, 0.6) is 0 Å². The van der Waals surface area contributed by atoms with E-state index in [0.29, 0.717) is 20.1 Å². The maximum Gasteiger partial charge on any atom is 0.0491 e. The van der Waals surface area contributed by atoms with Gasteiger partial charge in [0.25, 0.3) is 0 Å². The van der Waals surface area contributed by atoms with Crippen LogP contribution in [-0.4, -0.2) is 0 Å². The van der Waals surface area contributed by atoms with Gasteiger partial charge in [-0.2, -0.15) is 0 Å². The molecule has 0 atom stereocenters. The van der Waals surface area contributed by atoms with Crippen LogP contribution in [0.3, 0.4) is 0 Å². The molecule has 0 saturated heterocycles. The van der Waals surface area contributed by atoms with Gasteiger partial charge in [-0.15, -0.1) is 0 Å². The van der Waals surface area contributed by atoms with E-state index in [-0.39, 0.29) is 0 Å². The van der Waals surface area contributed by atoms with E-state index in [4.69, 9.17) is 46.4 Å². The molecule has 6 heteroatoms. The molecule has 0 fully saturated rings. The zero-order valence-corrected chi connectivity index (χ0v) is 26.2. The van der Waals surface area contributed by atoms with Crippen molar-refractivity contribution < 1.29 is 0 Å². The molecule has 0 radical (unpaired) electrons. The monoisotopic (exact) mass is 638 g/mol. The molecular formula is C37H26Cl4N2. The van der Waals surface area contributed by atoms with E-state index in [1.165, 1.54) is 0 Å². The molecule has 0 bridgehead atoms. The smallest absolute Gasteiger partial charge is 0.0491 e. The minimum absolute atomic E-state index is 0.668. The fourth-order valence-electron chi connectivity index (χ4n) is 5.22. The molecule has 0 saturated carbocycles. The molecule has 0 aromatic heterocycles. The van der Waals surface area contributed by atoms with Crippen molar-refractivity contribution in [3.63, 3.8) is 0 Å². The summed E-state index contributed by atoms with van der Waals surface area (Å²) in [5.41, 5.74) is 9.17. The molecule has 0 N–H and O–H groups in total. The van der Waals surface area contributed by atoms with Gasteiger partial charge in [0.05, 0.1) is 0 Å². The van der Waals surface area contributed by atoms with Gasteiger partial charge >= 0.3 is 0 Å². The van der Waals surface area contributed by atoms with Crippen molar-refractivity contribution in [3.05, 3.63) is 165 Å². The predicted octanol–water partition coefficient (Wildman–Crippen LogP) is 13.2. The maximum absolute atomic E-state index is 6.40. The zero-order valence-electron chi connectivity index (χ0n) is 23.2. The van der Waals surface area contributed by atoms with Gasteiger partial charge in [-0.25, -0.2) is 0 Å². The van der Waals surface area contributed by atoms with Crippen molar-refractivity contribution >= 4 is 80.5 Å². The highest BCUT2D eigenvalue weighted by atomic mass is 35.5. The van der Waals surface area contributed by atoms with Crippen LogP contribution in [0, 0.1) is 6.92 Å². The lowest BCUT2D eigenvalue weighted by molar-refractivity contribution is 1.25. The van der Waals surface area contributed by atoms with Crippen LogP contribution in [0.15, 0.2) is 140 Å². The van der Waals surface area contributed by atoms with Crippen LogP contribution in [0.4, 0.5) is 34.1 Å². The Labute approximate surface area is 272 Å². The molecule has 0 spiro atoms. The Morgan fingerprint density at radius 1 is 0.372 bits per heavy atom. The molecule has 2 nitrogen and oxygen atoms in total. The molecule has 212 valence electrons. The Hall–Kier alpha value is -3.92. The van der Waals surface area contributed by atoms with Crippen molar-refractivity contribution in [1.82, 2.24) is 0 Å². The largest absolute Gasteiger partial charge is 0.310 e. The Bertz CT molecular complexity index is 1810. The lowest BCUT2D eigenvalue weighted by Gasteiger charge is -2.28. The summed E-state index contributed by atoms with van der Waals surface area (Å²) in [4.78, 5) is 4.32. The lowest BCUT2D eigenvalue weighted by atomic mass is 10.0. The van der Waals surface area contributed by atoms with Crippen LogP contribution in [-0.2, 0) is 0 Å². The quantitative estimate of drug-likeness (QED) is 0.171. The summed E-state index contributed by atoms with van der Waals surface area (Å²) in [5.74, 6) is 0. The molecular weight excluding hydrogens is 614 g/mol. The number of aryl methyl sites for hydroxylation is 1. The number of benzene rings is 6. The second-order valence-electron chi connectivity index (χ2n) is 10.1. The van der Waals surface area contributed by atoms with Gasteiger partial charge in [0.2, 0.25) is 0 Å². The molecule has 0 aliphatic heterocycles. The fraction of sp³-hybridized carbons (Fsp3) is 0.0270. The second kappa shape index (κ2) is 12.8. The lowest BCUT2D eigenvalue weighted by Crippen LogP contribution is -2.11. The van der Waals surface area contributed by atoms with Crippen molar-refractivity contribution in [2.24, 2.45) is 0 Å². The second-order valence-corrected chi connectivity index (χ2v) is 11.9. The average molecular weight is 640 g/mol. The molecule has 6 aromatic carbocycles. The maximum atomic E-state index is 6.40. The molecule has 0 aliphatic rings. The van der Waals surface area contributed by atoms with Gasteiger partial charge < -0.3 is 9.80 Å². The summed E-state index contributed by atoms with van der Waals surface area (Å²) in [7, 11) is 0. The summed E-state index contributed by atoms with van der Waals surface area (Å²) in [5, 5.41) is 2.68. The van der Waals surface area contributed by atoms with Gasteiger partial charge in [-0.1, -0.05) is 88.9 Å². The third-order valence-corrected chi connectivity index (χ3v) is 8.10. The van der Waals surface area contributed by atoms with Crippen molar-refractivity contribution in [1.29, 1.82) is 0 Å². The summed E-state index contributed by atoms with van der Waals surface area (Å²) < 4.78 is 0.